The van der Waals surface area contributed by atoms with Crippen LogP contribution in [0, 0.1) is 11.6 Å². The molecule has 0 unspecified atom stereocenters. The smallest absolute Gasteiger partial charge is 0.324 e. The maximum atomic E-state index is 13.3. The molecular weight excluding hydrogens is 368 g/mol. The molecule has 26 heavy (non-hydrogen) atoms. The Kier molecular flexibility index (Phi) is 4.60. The first-order chi connectivity index (χ1) is 12.2. The minimum absolute atomic E-state index is 0.0329. The molecule has 7 nitrogen and oxygen atoms in total. The van der Waals surface area contributed by atoms with Crippen LogP contribution in [-0.4, -0.2) is 31.8 Å². The molecule has 0 spiro atoms. The number of carbonyl (C=O) groups excluding carboxylic acids is 2. The molecule has 1 fully saturated rings. The highest BCUT2D eigenvalue weighted by atomic mass is 32.2. The highest BCUT2D eigenvalue weighted by Crippen LogP contribution is 2.20. The zero-order valence-corrected chi connectivity index (χ0v) is 14.0. The van der Waals surface area contributed by atoms with Gasteiger partial charge in [0, 0.05) is 11.8 Å². The number of hydrogen-bond acceptors (Lipinski definition) is 4. The molecule has 1 saturated heterocycles. The number of halogens is 2. The second kappa shape index (κ2) is 6.71. The standard InChI is InChI=1S/C16H13F2N3O4S/c17-11-5-12(18)7-14(6-11)26(24,25)20-13-3-1-2-10(4-13)9-21-15(22)8-19-16(21)23/h1-7,20H,8-9H2,(H,19,23). The molecular formula is C16H13F2N3O4S. The quantitative estimate of drug-likeness (QED) is 0.773. The Morgan fingerprint density at radius 3 is 2.38 bits per heavy atom. The van der Waals surface area contributed by atoms with Gasteiger partial charge in [-0.05, 0) is 29.8 Å². The Labute approximate surface area is 147 Å². The zero-order valence-electron chi connectivity index (χ0n) is 13.2. The largest absolute Gasteiger partial charge is 0.329 e. The molecule has 2 aromatic carbocycles. The van der Waals surface area contributed by atoms with Gasteiger partial charge in [-0.25, -0.2) is 22.0 Å². The minimum atomic E-state index is -4.21. The van der Waals surface area contributed by atoms with E-state index >= 15 is 0 Å². The Morgan fingerprint density at radius 2 is 1.77 bits per heavy atom. The van der Waals surface area contributed by atoms with Gasteiger partial charge >= 0.3 is 6.03 Å². The number of urea groups is 1. The Hall–Kier alpha value is -3.01. The number of anilines is 1. The second-order valence-electron chi connectivity index (χ2n) is 5.55. The molecule has 0 radical (unpaired) electrons. The van der Waals surface area contributed by atoms with Crippen LogP contribution in [0.2, 0.25) is 0 Å². The van der Waals surface area contributed by atoms with E-state index in [2.05, 4.69) is 10.0 Å². The van der Waals surface area contributed by atoms with E-state index in [0.29, 0.717) is 23.8 Å². The van der Waals surface area contributed by atoms with Crippen LogP contribution in [-0.2, 0) is 21.4 Å². The molecule has 2 N–H and O–H groups in total. The number of rotatable bonds is 5. The average molecular weight is 381 g/mol. The van der Waals surface area contributed by atoms with Crippen LogP contribution in [0.5, 0.6) is 0 Å². The lowest BCUT2D eigenvalue weighted by atomic mass is 10.2. The van der Waals surface area contributed by atoms with Crippen LogP contribution in [0.25, 0.3) is 0 Å². The van der Waals surface area contributed by atoms with E-state index in [-0.39, 0.29) is 18.8 Å². The van der Waals surface area contributed by atoms with E-state index in [1.165, 1.54) is 18.2 Å². The first-order valence-electron chi connectivity index (χ1n) is 7.41. The predicted molar refractivity (Wildman–Crippen MR) is 87.6 cm³/mol. The van der Waals surface area contributed by atoms with Crippen LogP contribution in [0.3, 0.4) is 0 Å². The van der Waals surface area contributed by atoms with Gasteiger partial charge in [-0.3, -0.25) is 14.4 Å². The number of imide groups is 1. The average Bonchev–Trinajstić information content (AvgIpc) is 2.86. The lowest BCUT2D eigenvalue weighted by molar-refractivity contribution is -0.125. The normalized spacial score (nSPS) is 14.5. The summed E-state index contributed by atoms with van der Waals surface area (Å²) in [7, 11) is -4.21. The van der Waals surface area contributed by atoms with Crippen LogP contribution >= 0.6 is 0 Å². The fourth-order valence-corrected chi connectivity index (χ4v) is 3.52. The van der Waals surface area contributed by atoms with E-state index in [1.54, 1.807) is 6.07 Å². The van der Waals surface area contributed by atoms with Crippen molar-refractivity contribution in [2.75, 3.05) is 11.3 Å². The number of nitrogens with one attached hydrogen (secondary N) is 2. The van der Waals surface area contributed by atoms with Crippen molar-refractivity contribution < 1.29 is 26.8 Å². The monoisotopic (exact) mass is 381 g/mol. The van der Waals surface area contributed by atoms with Gasteiger partial charge in [-0.1, -0.05) is 12.1 Å². The summed E-state index contributed by atoms with van der Waals surface area (Å²) in [6, 6.07) is 7.42. The SMILES string of the molecule is O=C1CNC(=O)N1Cc1cccc(NS(=O)(=O)c2cc(F)cc(F)c2)c1. The molecule has 0 atom stereocenters. The number of amides is 3. The van der Waals surface area contributed by atoms with Gasteiger partial charge in [0.25, 0.3) is 10.0 Å². The Morgan fingerprint density at radius 1 is 1.08 bits per heavy atom. The lowest BCUT2D eigenvalue weighted by Crippen LogP contribution is -2.30. The summed E-state index contributed by atoms with van der Waals surface area (Å²) in [6.45, 7) is -0.120. The number of nitrogens with zero attached hydrogens (tertiary/aromatic N) is 1. The molecule has 1 heterocycles. The van der Waals surface area contributed by atoms with Crippen molar-refractivity contribution in [3.63, 3.8) is 0 Å². The molecule has 3 amide bonds. The molecule has 0 aliphatic carbocycles. The zero-order chi connectivity index (χ0) is 18.9. The fourth-order valence-electron chi connectivity index (χ4n) is 2.43. The van der Waals surface area contributed by atoms with Gasteiger partial charge in [0.15, 0.2) is 0 Å². The van der Waals surface area contributed by atoms with Gasteiger partial charge in [0.05, 0.1) is 18.0 Å². The maximum absolute atomic E-state index is 13.3. The Bertz CT molecular complexity index is 958. The fraction of sp³-hybridized carbons (Fsp3) is 0.125. The van der Waals surface area contributed by atoms with E-state index in [4.69, 9.17) is 0 Å². The molecule has 1 aliphatic heterocycles. The predicted octanol–water partition coefficient (Wildman–Crippen LogP) is 1.82. The molecule has 0 aromatic heterocycles. The molecule has 3 rings (SSSR count). The third kappa shape index (κ3) is 3.80. The van der Waals surface area contributed by atoms with Crippen LogP contribution in [0.4, 0.5) is 19.3 Å². The van der Waals surface area contributed by atoms with Gasteiger partial charge < -0.3 is 5.32 Å². The maximum Gasteiger partial charge on any atom is 0.324 e. The van der Waals surface area contributed by atoms with E-state index in [1.807, 2.05) is 0 Å². The van der Waals surface area contributed by atoms with Crippen molar-refractivity contribution in [3.8, 4) is 0 Å². The van der Waals surface area contributed by atoms with Gasteiger partial charge in [0.2, 0.25) is 5.91 Å². The summed E-state index contributed by atoms with van der Waals surface area (Å²) in [4.78, 5) is 23.6. The number of sulfonamides is 1. The van der Waals surface area contributed by atoms with Gasteiger partial charge in [-0.2, -0.15) is 0 Å². The molecule has 2 aromatic rings. The van der Waals surface area contributed by atoms with Crippen molar-refractivity contribution in [1.82, 2.24) is 10.2 Å². The topological polar surface area (TPSA) is 95.6 Å². The third-order valence-corrected chi connectivity index (χ3v) is 4.96. The first kappa shape index (κ1) is 17.8. The molecule has 1 aliphatic rings. The lowest BCUT2D eigenvalue weighted by Gasteiger charge is -2.14. The summed E-state index contributed by atoms with van der Waals surface area (Å²) >= 11 is 0. The van der Waals surface area contributed by atoms with Gasteiger partial charge in [0.1, 0.15) is 11.6 Å². The first-order valence-corrected chi connectivity index (χ1v) is 8.89. The third-order valence-electron chi connectivity index (χ3n) is 3.60. The summed E-state index contributed by atoms with van der Waals surface area (Å²) in [5.74, 6) is -2.42. The van der Waals surface area contributed by atoms with Crippen molar-refractivity contribution in [3.05, 3.63) is 59.7 Å². The second-order valence-corrected chi connectivity index (χ2v) is 7.23. The molecule has 10 heteroatoms. The van der Waals surface area contributed by atoms with Crippen molar-refractivity contribution in [2.24, 2.45) is 0 Å². The summed E-state index contributed by atoms with van der Waals surface area (Å²) < 4.78 is 53.3. The minimum Gasteiger partial charge on any atom is -0.329 e. The van der Waals surface area contributed by atoms with Crippen molar-refractivity contribution in [1.29, 1.82) is 0 Å². The van der Waals surface area contributed by atoms with Crippen molar-refractivity contribution in [2.45, 2.75) is 11.4 Å². The van der Waals surface area contributed by atoms with Crippen LogP contribution in [0.15, 0.2) is 47.4 Å². The molecule has 0 saturated carbocycles. The van der Waals surface area contributed by atoms with E-state index in [9.17, 15) is 26.8 Å². The van der Waals surface area contributed by atoms with Crippen LogP contribution in [0.1, 0.15) is 5.56 Å². The number of benzene rings is 2. The molecule has 136 valence electrons. The summed E-state index contributed by atoms with van der Waals surface area (Å²) in [5.41, 5.74) is 0.625. The number of carbonyl (C=O) groups is 2. The number of hydrogen-bond donors (Lipinski definition) is 2. The van der Waals surface area contributed by atoms with Crippen molar-refractivity contribution >= 4 is 27.6 Å². The summed E-state index contributed by atoms with van der Waals surface area (Å²) in [6.07, 6.45) is 0. The van der Waals surface area contributed by atoms with Crippen LogP contribution < -0.4 is 10.0 Å². The van der Waals surface area contributed by atoms with Gasteiger partial charge in [-0.15, -0.1) is 0 Å². The highest BCUT2D eigenvalue weighted by molar-refractivity contribution is 7.92. The summed E-state index contributed by atoms with van der Waals surface area (Å²) in [5, 5.41) is 2.38. The highest BCUT2D eigenvalue weighted by Gasteiger charge is 2.28. The Balaban J connectivity index is 1.82. The molecule has 0 bridgehead atoms. The van der Waals surface area contributed by atoms with E-state index < -0.39 is 38.5 Å². The van der Waals surface area contributed by atoms with E-state index in [0.717, 1.165) is 4.90 Å².